The zero-order valence-corrected chi connectivity index (χ0v) is 30.1. The molecule has 0 aromatic heterocycles. The molecule has 0 amide bonds. The van der Waals surface area contributed by atoms with E-state index in [1.807, 2.05) is 0 Å². The molecule has 0 aliphatic rings. The molecular weight excluding hydrogens is 603 g/mol. The van der Waals surface area contributed by atoms with Crippen molar-refractivity contribution >= 4 is 28.8 Å². The van der Waals surface area contributed by atoms with Crippen LogP contribution in [0.25, 0.3) is 0 Å². The largest absolute Gasteiger partial charge is 4.00 e. The van der Waals surface area contributed by atoms with Gasteiger partial charge in [-0.05, 0) is 47.9 Å². The molecule has 0 saturated heterocycles. The van der Waals surface area contributed by atoms with Gasteiger partial charge in [-0.25, -0.2) is 0 Å². The summed E-state index contributed by atoms with van der Waals surface area (Å²) < 4.78 is 0. The van der Waals surface area contributed by atoms with E-state index in [2.05, 4.69) is 122 Å². The molecule has 0 atom stereocenters. The fourth-order valence-corrected chi connectivity index (χ4v) is 11.8. The van der Waals surface area contributed by atoms with Crippen molar-refractivity contribution in [2.24, 2.45) is 0 Å². The van der Waals surface area contributed by atoms with Crippen LogP contribution < -0.4 is 58.0 Å². The maximum atomic E-state index is 2.55. The van der Waals surface area contributed by atoms with Crippen LogP contribution in [-0.2, 0) is 47.4 Å². The first-order valence-electron chi connectivity index (χ1n) is 13.9. The van der Waals surface area contributed by atoms with Gasteiger partial charge in [0.05, 0.1) is 0 Å². The molecule has 0 aliphatic heterocycles. The normalized spacial score (nSPS) is 10.6. The monoisotopic (exact) mass is 644 g/mol. The Kier molecular flexibility index (Phi) is 16.0. The maximum absolute atomic E-state index is 2.59. The molecule has 0 N–H and O–H groups in total. The third-order valence-electron chi connectivity index (χ3n) is 8.62. The Morgan fingerprint density at radius 1 is 0.500 bits per heavy atom. The predicted octanol–water partition coefficient (Wildman–Crippen LogP) is -2.72. The minimum Gasteiger partial charge on any atom is -1.00 e. The van der Waals surface area contributed by atoms with Gasteiger partial charge in [0.2, 0.25) is 0 Å². The Hall–Kier alpha value is -1.19. The molecule has 0 unspecified atom stereocenters. The van der Waals surface area contributed by atoms with Crippen molar-refractivity contribution in [3.8, 4) is 0 Å². The van der Waals surface area contributed by atoms with Crippen molar-refractivity contribution in [2.75, 3.05) is 0 Å². The van der Waals surface area contributed by atoms with Crippen molar-refractivity contribution in [3.63, 3.8) is 0 Å². The quantitative estimate of drug-likeness (QED) is 0.111. The Bertz CT molecular complexity index is 1250. The number of hydrogen-bond donors (Lipinski definition) is 0. The van der Waals surface area contributed by atoms with E-state index in [0.29, 0.717) is 0 Å². The summed E-state index contributed by atoms with van der Waals surface area (Å²) in [4.78, 5) is 0. The fraction of sp³-hybridized carbons (Fsp3) is 0.343. The molecule has 4 aromatic carbocycles. The van der Waals surface area contributed by atoms with Gasteiger partial charge in [-0.15, -0.1) is 5.19 Å². The Balaban J connectivity index is 0.00000380. The van der Waals surface area contributed by atoms with Crippen molar-refractivity contribution in [2.45, 2.75) is 81.1 Å². The van der Waals surface area contributed by atoms with E-state index in [-0.39, 0.29) is 58.9 Å². The molecular formula is C35H43Cl3SiTi. The van der Waals surface area contributed by atoms with Crippen LogP contribution in [0.15, 0.2) is 66.7 Å². The number of halogens is 3. The maximum Gasteiger partial charge on any atom is 4.00 e. The second kappa shape index (κ2) is 16.4. The van der Waals surface area contributed by atoms with Crippen LogP contribution in [0.5, 0.6) is 0 Å². The third-order valence-corrected chi connectivity index (χ3v) is 13.6. The first-order valence-corrected chi connectivity index (χ1v) is 15.9. The molecule has 0 spiro atoms. The molecule has 0 nitrogen and oxygen atoms in total. The van der Waals surface area contributed by atoms with Gasteiger partial charge in [-0.3, -0.25) is 0 Å². The van der Waals surface area contributed by atoms with Crippen LogP contribution in [0.2, 0.25) is 0 Å². The number of hydrogen-bond acceptors (Lipinski definition) is 0. The minimum atomic E-state index is -2.59. The Morgan fingerprint density at radius 3 is 1.12 bits per heavy atom. The van der Waals surface area contributed by atoms with E-state index >= 15 is 0 Å². The van der Waals surface area contributed by atoms with Crippen molar-refractivity contribution in [3.05, 3.63) is 111 Å². The van der Waals surface area contributed by atoms with Crippen LogP contribution >= 0.6 is 0 Å². The summed E-state index contributed by atoms with van der Waals surface area (Å²) in [6.07, 6.45) is 4.25. The third kappa shape index (κ3) is 6.88. The molecule has 4 rings (SSSR count). The van der Waals surface area contributed by atoms with E-state index in [1.54, 1.807) is 5.19 Å². The molecule has 5 heteroatoms. The van der Waals surface area contributed by atoms with E-state index in [4.69, 9.17) is 0 Å². The van der Waals surface area contributed by atoms with Gasteiger partial charge in [-0.1, -0.05) is 138 Å². The van der Waals surface area contributed by atoms with E-state index in [1.165, 1.54) is 60.1 Å². The summed E-state index contributed by atoms with van der Waals surface area (Å²) in [6.45, 7) is 18.6. The molecule has 0 aliphatic carbocycles. The van der Waals surface area contributed by atoms with E-state index in [9.17, 15) is 0 Å². The first-order chi connectivity index (χ1) is 17.3. The van der Waals surface area contributed by atoms with Crippen molar-refractivity contribution in [1.82, 2.24) is 0 Å². The van der Waals surface area contributed by atoms with E-state index in [0.717, 1.165) is 25.7 Å². The average Bonchev–Trinajstić information content (AvgIpc) is 3.12. The molecule has 0 radical (unpaired) electrons. The molecule has 40 heavy (non-hydrogen) atoms. The van der Waals surface area contributed by atoms with Crippen LogP contribution in [0.3, 0.4) is 0 Å². The predicted molar refractivity (Wildman–Crippen MR) is 162 cm³/mol. The number of rotatable bonds is 8. The van der Waals surface area contributed by atoms with E-state index < -0.39 is 8.07 Å². The smallest absolute Gasteiger partial charge is 1.00 e. The molecule has 212 valence electrons. The van der Waals surface area contributed by atoms with Gasteiger partial charge in [0, 0.05) is 0 Å². The van der Waals surface area contributed by atoms with Crippen molar-refractivity contribution in [1.29, 1.82) is 0 Å². The Labute approximate surface area is 278 Å². The second-order valence-corrected chi connectivity index (χ2v) is 14.2. The molecule has 0 bridgehead atoms. The van der Waals surface area contributed by atoms with Crippen molar-refractivity contribution < 1.29 is 58.9 Å². The fourth-order valence-electron chi connectivity index (χ4n) is 6.18. The van der Waals surface area contributed by atoms with Gasteiger partial charge < -0.3 is 37.2 Å². The van der Waals surface area contributed by atoms with Gasteiger partial charge in [0.1, 0.15) is 8.07 Å². The summed E-state index contributed by atoms with van der Waals surface area (Å²) in [5, 5.41) is 6.17. The summed E-state index contributed by atoms with van der Waals surface area (Å²) in [5.74, 6) is 0. The topological polar surface area (TPSA) is 0 Å². The van der Waals surface area contributed by atoms with Gasteiger partial charge >= 0.3 is 21.7 Å². The summed E-state index contributed by atoms with van der Waals surface area (Å²) in [7, 11) is -2.59. The summed E-state index contributed by atoms with van der Waals surface area (Å²) in [5.41, 5.74) is 11.7. The average molecular weight is 646 g/mol. The summed E-state index contributed by atoms with van der Waals surface area (Å²) >= 11 is 0. The molecule has 0 heterocycles. The molecule has 0 saturated carbocycles. The van der Waals surface area contributed by atoms with Crippen LogP contribution in [0.1, 0.15) is 72.2 Å². The standard InChI is InChI=1S/C35H43Si.3ClH.Ti/c1-9-28-18-29(10-2)21-33(20-28)36(32-16-14-13-15-17-32,35-26(7)24(5)25(6)27(35)8)34-22-30(11-3)19-31(12-4)23-34;;;;/h13-23H,9-12H2,1-8H3;3*1H;/q-1;;;;+4/p-3. The second-order valence-electron chi connectivity index (χ2n) is 10.5. The van der Waals surface area contributed by atoms with Gasteiger partial charge in [0.15, 0.2) is 0 Å². The minimum absolute atomic E-state index is 0. The Morgan fingerprint density at radius 2 is 0.825 bits per heavy atom. The van der Waals surface area contributed by atoms with Gasteiger partial charge in [0.25, 0.3) is 0 Å². The molecule has 0 fully saturated rings. The summed E-state index contributed by atoms with van der Waals surface area (Å²) in [6, 6.07) is 26.6. The number of benzene rings is 3. The zero-order chi connectivity index (χ0) is 26.0. The van der Waals surface area contributed by atoms with Crippen LogP contribution in [0, 0.1) is 27.7 Å². The van der Waals surface area contributed by atoms with Gasteiger partial charge in [-0.2, -0.15) is 22.3 Å². The van der Waals surface area contributed by atoms with Crippen LogP contribution in [-0.4, -0.2) is 8.07 Å². The number of aryl methyl sites for hydroxylation is 4. The molecule has 4 aromatic rings. The zero-order valence-electron chi connectivity index (χ0n) is 25.3. The van der Waals surface area contributed by atoms with Crippen LogP contribution in [0.4, 0.5) is 0 Å². The first kappa shape index (κ1) is 38.8. The SMILES string of the molecule is CCc1cc(CC)cc([Si](c2ccccc2)(c2cc(CC)cc(CC)c2)[c-]2c(C)c(C)c(C)c2C)c1.[Cl-].[Cl-].[Cl-].[Ti+4].